The van der Waals surface area contributed by atoms with Crippen LogP contribution in [0.15, 0.2) is 48.5 Å². The van der Waals surface area contributed by atoms with Gasteiger partial charge in [0.25, 0.3) is 0 Å². The van der Waals surface area contributed by atoms with Gasteiger partial charge in [0.15, 0.2) is 0 Å². The summed E-state index contributed by atoms with van der Waals surface area (Å²) in [4.78, 5) is 37.2. The first kappa shape index (κ1) is 18.2. The Bertz CT molecular complexity index is 1090. The van der Waals surface area contributed by atoms with Gasteiger partial charge in [-0.1, -0.05) is 18.2 Å². The summed E-state index contributed by atoms with van der Waals surface area (Å²) in [7, 11) is 0. The Hall–Kier alpha value is -3.19. The fourth-order valence-electron chi connectivity index (χ4n) is 3.30. The molecule has 6 nitrogen and oxygen atoms in total. The second kappa shape index (κ2) is 7.44. The molecular weight excluding hydrogens is 376 g/mol. The number of hydrogen-bond donors (Lipinski definition) is 2. The predicted molar refractivity (Wildman–Crippen MR) is 109 cm³/mol. The summed E-state index contributed by atoms with van der Waals surface area (Å²) in [6, 6.07) is 14.6. The standard InChI is InChI=1S/C21H18N2O4S/c1-2-27-21(26)18-10-12-9-13(7-8-17(12)28-18)22-20(25)15-11-19(24)23-16-6-4-3-5-14(15)16/h3-10,15H,2,11H2,1H3,(H,22,25)(H,23,24)/t15-/m0/s1. The molecule has 1 aliphatic rings. The van der Waals surface area contributed by atoms with Crippen molar-refractivity contribution in [2.45, 2.75) is 19.3 Å². The molecule has 0 radical (unpaired) electrons. The summed E-state index contributed by atoms with van der Waals surface area (Å²) in [5.41, 5.74) is 2.10. The first-order valence-electron chi connectivity index (χ1n) is 8.95. The van der Waals surface area contributed by atoms with Crippen LogP contribution < -0.4 is 10.6 Å². The summed E-state index contributed by atoms with van der Waals surface area (Å²) in [5, 5.41) is 6.55. The average Bonchev–Trinajstić information content (AvgIpc) is 3.11. The molecule has 0 saturated heterocycles. The van der Waals surface area contributed by atoms with Gasteiger partial charge in [-0.3, -0.25) is 9.59 Å². The van der Waals surface area contributed by atoms with Crippen LogP contribution in [0.1, 0.15) is 34.5 Å². The number of carbonyl (C=O) groups excluding carboxylic acids is 3. The third kappa shape index (κ3) is 3.48. The molecule has 4 rings (SSSR count). The molecule has 2 aromatic carbocycles. The number of benzene rings is 2. The maximum atomic E-state index is 12.8. The van der Waals surface area contributed by atoms with E-state index in [1.165, 1.54) is 11.3 Å². The minimum absolute atomic E-state index is 0.108. The molecule has 2 N–H and O–H groups in total. The molecule has 0 bridgehead atoms. The van der Waals surface area contributed by atoms with E-state index in [0.29, 0.717) is 22.9 Å². The van der Waals surface area contributed by atoms with E-state index in [-0.39, 0.29) is 24.2 Å². The van der Waals surface area contributed by atoms with Crippen molar-refractivity contribution in [1.29, 1.82) is 0 Å². The van der Waals surface area contributed by atoms with Crippen molar-refractivity contribution in [3.63, 3.8) is 0 Å². The van der Waals surface area contributed by atoms with Crippen molar-refractivity contribution in [2.24, 2.45) is 0 Å². The molecule has 1 aromatic heterocycles. The topological polar surface area (TPSA) is 84.5 Å². The van der Waals surface area contributed by atoms with Gasteiger partial charge in [-0.2, -0.15) is 0 Å². The van der Waals surface area contributed by atoms with Gasteiger partial charge in [0.2, 0.25) is 11.8 Å². The van der Waals surface area contributed by atoms with Crippen LogP contribution in [0, 0.1) is 0 Å². The number of fused-ring (bicyclic) bond motifs is 2. The number of nitrogens with one attached hydrogen (secondary N) is 2. The van der Waals surface area contributed by atoms with Gasteiger partial charge in [-0.05, 0) is 48.2 Å². The number of hydrogen-bond acceptors (Lipinski definition) is 5. The summed E-state index contributed by atoms with van der Waals surface area (Å²) in [5.74, 6) is -1.30. The normalized spacial score (nSPS) is 15.6. The second-order valence-corrected chi connectivity index (χ2v) is 7.55. The van der Waals surface area contributed by atoms with Gasteiger partial charge < -0.3 is 15.4 Å². The van der Waals surface area contributed by atoms with Crippen molar-refractivity contribution in [2.75, 3.05) is 17.2 Å². The number of para-hydroxylation sites is 1. The minimum atomic E-state index is -0.543. The Labute approximate surface area is 165 Å². The quantitative estimate of drug-likeness (QED) is 0.651. The number of thiophene rings is 1. The van der Waals surface area contributed by atoms with Crippen LogP contribution in [0.3, 0.4) is 0 Å². The Kier molecular flexibility index (Phi) is 4.83. The molecule has 142 valence electrons. The van der Waals surface area contributed by atoms with Crippen molar-refractivity contribution in [1.82, 2.24) is 0 Å². The minimum Gasteiger partial charge on any atom is -0.462 e. The molecule has 2 heterocycles. The van der Waals surface area contributed by atoms with Crippen LogP contribution in [-0.2, 0) is 14.3 Å². The number of carbonyl (C=O) groups is 3. The van der Waals surface area contributed by atoms with E-state index < -0.39 is 5.92 Å². The lowest BCUT2D eigenvalue weighted by Gasteiger charge is -2.24. The van der Waals surface area contributed by atoms with E-state index >= 15 is 0 Å². The number of rotatable bonds is 4. The maximum Gasteiger partial charge on any atom is 0.348 e. The molecule has 0 spiro atoms. The predicted octanol–water partition coefficient (Wildman–Crippen LogP) is 4.14. The van der Waals surface area contributed by atoms with Crippen LogP contribution in [0.2, 0.25) is 0 Å². The molecule has 1 atom stereocenters. The Morgan fingerprint density at radius 3 is 2.86 bits per heavy atom. The molecule has 0 unspecified atom stereocenters. The summed E-state index contributed by atoms with van der Waals surface area (Å²) >= 11 is 1.35. The number of ether oxygens (including phenoxy) is 1. The average molecular weight is 394 g/mol. The lowest BCUT2D eigenvalue weighted by atomic mass is 9.90. The number of amides is 2. The zero-order valence-corrected chi connectivity index (χ0v) is 16.0. The zero-order valence-electron chi connectivity index (χ0n) is 15.2. The lowest BCUT2D eigenvalue weighted by Crippen LogP contribution is -2.30. The van der Waals surface area contributed by atoms with E-state index in [0.717, 1.165) is 15.6 Å². The van der Waals surface area contributed by atoms with Crippen molar-refractivity contribution in [3.05, 3.63) is 59.0 Å². The Morgan fingerprint density at radius 1 is 1.21 bits per heavy atom. The van der Waals surface area contributed by atoms with Crippen LogP contribution in [0.4, 0.5) is 11.4 Å². The van der Waals surface area contributed by atoms with E-state index in [2.05, 4.69) is 10.6 Å². The third-order valence-electron chi connectivity index (χ3n) is 4.58. The van der Waals surface area contributed by atoms with E-state index in [1.54, 1.807) is 25.1 Å². The SMILES string of the molecule is CCOC(=O)c1cc2cc(NC(=O)[C@H]3CC(=O)Nc4ccccc43)ccc2s1. The monoisotopic (exact) mass is 394 g/mol. The molecule has 0 aliphatic carbocycles. The molecular formula is C21H18N2O4S. The highest BCUT2D eigenvalue weighted by Crippen LogP contribution is 2.34. The first-order valence-corrected chi connectivity index (χ1v) is 9.77. The highest BCUT2D eigenvalue weighted by molar-refractivity contribution is 7.20. The molecule has 0 saturated carbocycles. The van der Waals surface area contributed by atoms with E-state index in [1.807, 2.05) is 30.3 Å². The van der Waals surface area contributed by atoms with Gasteiger partial charge in [0.1, 0.15) is 4.88 Å². The third-order valence-corrected chi connectivity index (χ3v) is 5.67. The smallest absolute Gasteiger partial charge is 0.348 e. The van der Waals surface area contributed by atoms with Crippen molar-refractivity contribution >= 4 is 50.6 Å². The van der Waals surface area contributed by atoms with Crippen molar-refractivity contribution < 1.29 is 19.1 Å². The molecule has 7 heteroatoms. The van der Waals surface area contributed by atoms with Gasteiger partial charge in [-0.25, -0.2) is 4.79 Å². The largest absolute Gasteiger partial charge is 0.462 e. The van der Waals surface area contributed by atoms with Crippen LogP contribution in [0.5, 0.6) is 0 Å². The molecule has 3 aromatic rings. The molecule has 1 aliphatic heterocycles. The summed E-state index contributed by atoms with van der Waals surface area (Å²) in [6.45, 7) is 2.09. The summed E-state index contributed by atoms with van der Waals surface area (Å²) in [6.07, 6.45) is 0.108. The highest BCUT2D eigenvalue weighted by atomic mass is 32.1. The van der Waals surface area contributed by atoms with Gasteiger partial charge >= 0.3 is 5.97 Å². The zero-order chi connectivity index (χ0) is 19.7. The van der Waals surface area contributed by atoms with Gasteiger partial charge in [0.05, 0.1) is 12.5 Å². The first-order chi connectivity index (χ1) is 13.5. The van der Waals surface area contributed by atoms with Crippen LogP contribution in [-0.4, -0.2) is 24.4 Å². The molecule has 2 amide bonds. The molecule has 0 fully saturated rings. The second-order valence-electron chi connectivity index (χ2n) is 6.47. The number of anilines is 2. The highest BCUT2D eigenvalue weighted by Gasteiger charge is 2.30. The van der Waals surface area contributed by atoms with Crippen molar-refractivity contribution in [3.8, 4) is 0 Å². The lowest BCUT2D eigenvalue weighted by molar-refractivity contribution is -0.123. The Morgan fingerprint density at radius 2 is 2.04 bits per heavy atom. The van der Waals surface area contributed by atoms with E-state index in [9.17, 15) is 14.4 Å². The number of esters is 1. The maximum absolute atomic E-state index is 12.8. The fraction of sp³-hybridized carbons (Fsp3) is 0.190. The molecule has 28 heavy (non-hydrogen) atoms. The van der Waals surface area contributed by atoms with Crippen LogP contribution >= 0.6 is 11.3 Å². The Balaban J connectivity index is 1.57. The fourth-order valence-corrected chi connectivity index (χ4v) is 4.24. The van der Waals surface area contributed by atoms with Crippen LogP contribution in [0.25, 0.3) is 10.1 Å². The van der Waals surface area contributed by atoms with Gasteiger partial charge in [0, 0.05) is 22.5 Å². The van der Waals surface area contributed by atoms with Gasteiger partial charge in [-0.15, -0.1) is 11.3 Å². The summed E-state index contributed by atoms with van der Waals surface area (Å²) < 4.78 is 5.97. The van der Waals surface area contributed by atoms with E-state index in [4.69, 9.17) is 4.74 Å².